The van der Waals surface area contributed by atoms with Gasteiger partial charge >= 0.3 is 0 Å². The van der Waals surface area contributed by atoms with E-state index in [0.29, 0.717) is 24.7 Å². The number of rotatable bonds is 8. The summed E-state index contributed by atoms with van der Waals surface area (Å²) in [4.78, 5) is 0. The van der Waals surface area contributed by atoms with Crippen molar-refractivity contribution in [3.63, 3.8) is 0 Å². The number of fused-ring (bicyclic) bond motifs is 1. The van der Waals surface area contributed by atoms with Crippen molar-refractivity contribution < 1.29 is 23.7 Å². The summed E-state index contributed by atoms with van der Waals surface area (Å²) in [5.74, 6) is 3.61. The first-order valence-corrected chi connectivity index (χ1v) is 9.62. The van der Waals surface area contributed by atoms with Crippen LogP contribution < -0.4 is 29.0 Å². The first-order chi connectivity index (χ1) is 13.7. The first kappa shape index (κ1) is 20.1. The Labute approximate surface area is 166 Å². The lowest BCUT2D eigenvalue weighted by atomic mass is 9.88. The van der Waals surface area contributed by atoms with E-state index < -0.39 is 0 Å². The van der Waals surface area contributed by atoms with Gasteiger partial charge in [0.05, 0.1) is 40.6 Å². The Hall–Kier alpha value is -2.60. The van der Waals surface area contributed by atoms with Crippen LogP contribution in [0.3, 0.4) is 0 Å². The average Bonchev–Trinajstić information content (AvgIpc) is 2.73. The Morgan fingerprint density at radius 3 is 1.93 bits per heavy atom. The molecule has 6 heteroatoms. The molecule has 0 saturated carbocycles. The molecule has 28 heavy (non-hydrogen) atoms. The monoisotopic (exact) mass is 387 g/mol. The second-order valence-corrected chi connectivity index (χ2v) is 6.45. The molecule has 2 aromatic rings. The van der Waals surface area contributed by atoms with Crippen LogP contribution in [0.4, 0.5) is 0 Å². The summed E-state index contributed by atoms with van der Waals surface area (Å²) in [6.45, 7) is 5.99. The van der Waals surface area contributed by atoms with Crippen LogP contribution in [0.25, 0.3) is 0 Å². The van der Waals surface area contributed by atoms with Gasteiger partial charge in [-0.25, -0.2) is 0 Å². The molecule has 152 valence electrons. The minimum absolute atomic E-state index is 0.0478. The second-order valence-electron chi connectivity index (χ2n) is 6.45. The van der Waals surface area contributed by atoms with E-state index in [-0.39, 0.29) is 6.04 Å². The maximum atomic E-state index is 5.85. The number of hydrogen-bond acceptors (Lipinski definition) is 6. The smallest absolute Gasteiger partial charge is 0.164 e. The highest BCUT2D eigenvalue weighted by Gasteiger charge is 2.28. The fourth-order valence-corrected chi connectivity index (χ4v) is 3.66. The average molecular weight is 387 g/mol. The zero-order valence-corrected chi connectivity index (χ0v) is 17.3. The Kier molecular flexibility index (Phi) is 6.52. The van der Waals surface area contributed by atoms with E-state index >= 15 is 0 Å². The number of hydrogen-bond donors (Lipinski definition) is 1. The zero-order valence-electron chi connectivity index (χ0n) is 17.3. The molecule has 1 N–H and O–H groups in total. The summed E-state index contributed by atoms with van der Waals surface area (Å²) in [5, 5.41) is 3.60. The summed E-state index contributed by atoms with van der Waals surface area (Å²) >= 11 is 0. The third-order valence-electron chi connectivity index (χ3n) is 4.91. The molecule has 0 aromatic heterocycles. The summed E-state index contributed by atoms with van der Waals surface area (Å²) in [6.07, 6.45) is 0.925. The first-order valence-electron chi connectivity index (χ1n) is 9.62. The van der Waals surface area contributed by atoms with Crippen molar-refractivity contribution in [2.24, 2.45) is 0 Å². The van der Waals surface area contributed by atoms with Crippen molar-refractivity contribution in [3.05, 3.63) is 41.0 Å². The lowest BCUT2D eigenvalue weighted by molar-refractivity contribution is 0.286. The Morgan fingerprint density at radius 1 is 0.750 bits per heavy atom. The highest BCUT2D eigenvalue weighted by molar-refractivity contribution is 5.57. The fourth-order valence-electron chi connectivity index (χ4n) is 3.66. The molecule has 6 nitrogen and oxygen atoms in total. The summed E-state index contributed by atoms with van der Waals surface area (Å²) in [6, 6.07) is 7.97. The maximum absolute atomic E-state index is 5.85. The number of nitrogens with one attached hydrogen (secondary N) is 1. The standard InChI is InChI=1S/C22H29NO5/c1-6-27-20-10-14-8-9-23-22(15(14)11-21(20)28-7-2)16-12-18(25-4)19(26-5)13-17(16)24-3/h10-13,22-23H,6-9H2,1-5H3/t22-/m1/s1. The van der Waals surface area contributed by atoms with Crippen LogP contribution in [0.15, 0.2) is 24.3 Å². The summed E-state index contributed by atoms with van der Waals surface area (Å²) < 4.78 is 28.3. The van der Waals surface area contributed by atoms with Gasteiger partial charge in [-0.3, -0.25) is 0 Å². The van der Waals surface area contributed by atoms with Gasteiger partial charge in [-0.2, -0.15) is 0 Å². The molecular formula is C22H29NO5. The third-order valence-corrected chi connectivity index (χ3v) is 4.91. The van der Waals surface area contributed by atoms with Gasteiger partial charge in [0.1, 0.15) is 5.75 Å². The predicted octanol–water partition coefficient (Wildman–Crippen LogP) is 3.74. The van der Waals surface area contributed by atoms with Crippen LogP contribution >= 0.6 is 0 Å². The van der Waals surface area contributed by atoms with Gasteiger partial charge in [-0.1, -0.05) is 0 Å². The number of methoxy groups -OCH3 is 3. The van der Waals surface area contributed by atoms with Gasteiger partial charge in [-0.15, -0.1) is 0 Å². The summed E-state index contributed by atoms with van der Waals surface area (Å²) in [5.41, 5.74) is 3.39. The van der Waals surface area contributed by atoms with Gasteiger partial charge in [0, 0.05) is 18.2 Å². The summed E-state index contributed by atoms with van der Waals surface area (Å²) in [7, 11) is 4.92. The van der Waals surface area contributed by atoms with Crippen molar-refractivity contribution in [1.29, 1.82) is 0 Å². The Morgan fingerprint density at radius 2 is 1.32 bits per heavy atom. The van der Waals surface area contributed by atoms with Gasteiger partial charge in [0.15, 0.2) is 23.0 Å². The minimum atomic E-state index is -0.0478. The molecule has 0 radical (unpaired) electrons. The second kappa shape index (κ2) is 9.06. The topological polar surface area (TPSA) is 58.2 Å². The highest BCUT2D eigenvalue weighted by atomic mass is 16.5. The quantitative estimate of drug-likeness (QED) is 0.745. The molecule has 1 atom stereocenters. The SMILES string of the molecule is CCOc1cc2c(cc1OCC)[C@H](c1cc(OC)c(OC)cc1OC)NCC2. The van der Waals surface area contributed by atoms with Crippen molar-refractivity contribution >= 4 is 0 Å². The molecule has 0 unspecified atom stereocenters. The van der Waals surface area contributed by atoms with E-state index in [4.69, 9.17) is 23.7 Å². The van der Waals surface area contributed by atoms with Crippen LogP contribution in [0.2, 0.25) is 0 Å². The van der Waals surface area contributed by atoms with E-state index in [1.165, 1.54) is 5.56 Å². The van der Waals surface area contributed by atoms with Crippen molar-refractivity contribution in [2.75, 3.05) is 41.1 Å². The van der Waals surface area contributed by atoms with Crippen LogP contribution in [0.5, 0.6) is 28.7 Å². The molecule has 1 aliphatic heterocycles. The molecule has 0 spiro atoms. The fraction of sp³-hybridized carbons (Fsp3) is 0.455. The van der Waals surface area contributed by atoms with E-state index in [2.05, 4.69) is 17.4 Å². The van der Waals surface area contributed by atoms with Gasteiger partial charge in [0.25, 0.3) is 0 Å². The molecule has 2 aromatic carbocycles. The van der Waals surface area contributed by atoms with E-state index in [1.807, 2.05) is 26.0 Å². The van der Waals surface area contributed by atoms with Gasteiger partial charge in [0.2, 0.25) is 0 Å². The molecule has 0 amide bonds. The van der Waals surface area contributed by atoms with Crippen LogP contribution in [-0.2, 0) is 6.42 Å². The van der Waals surface area contributed by atoms with Crippen LogP contribution in [-0.4, -0.2) is 41.1 Å². The van der Waals surface area contributed by atoms with Gasteiger partial charge in [-0.05, 0) is 49.6 Å². The molecule has 0 bridgehead atoms. The van der Waals surface area contributed by atoms with Crippen molar-refractivity contribution in [3.8, 4) is 28.7 Å². The third kappa shape index (κ3) is 3.83. The minimum Gasteiger partial charge on any atom is -0.496 e. The van der Waals surface area contributed by atoms with E-state index in [0.717, 1.165) is 41.3 Å². The van der Waals surface area contributed by atoms with E-state index in [1.54, 1.807) is 21.3 Å². The lowest BCUT2D eigenvalue weighted by Crippen LogP contribution is -2.31. The molecule has 0 fully saturated rings. The molecule has 3 rings (SSSR count). The molecule has 1 heterocycles. The highest BCUT2D eigenvalue weighted by Crippen LogP contribution is 2.43. The number of benzene rings is 2. The van der Waals surface area contributed by atoms with Crippen LogP contribution in [0, 0.1) is 0 Å². The molecule has 0 aliphatic carbocycles. The molecular weight excluding hydrogens is 358 g/mol. The van der Waals surface area contributed by atoms with Crippen molar-refractivity contribution in [1.82, 2.24) is 5.32 Å². The largest absolute Gasteiger partial charge is 0.496 e. The Bertz CT molecular complexity index is 821. The van der Waals surface area contributed by atoms with E-state index in [9.17, 15) is 0 Å². The normalized spacial score (nSPS) is 15.5. The van der Waals surface area contributed by atoms with Crippen LogP contribution in [0.1, 0.15) is 36.6 Å². The zero-order chi connectivity index (χ0) is 20.1. The van der Waals surface area contributed by atoms with Crippen molar-refractivity contribution in [2.45, 2.75) is 26.3 Å². The predicted molar refractivity (Wildman–Crippen MR) is 108 cm³/mol. The molecule has 1 aliphatic rings. The molecule has 0 saturated heterocycles. The number of ether oxygens (including phenoxy) is 5. The lowest BCUT2D eigenvalue weighted by Gasteiger charge is -2.30. The maximum Gasteiger partial charge on any atom is 0.164 e. The van der Waals surface area contributed by atoms with Gasteiger partial charge < -0.3 is 29.0 Å². The Balaban J connectivity index is 2.12.